The van der Waals surface area contributed by atoms with Gasteiger partial charge in [-0.05, 0) is 37.2 Å². The molecule has 3 nitrogen and oxygen atoms in total. The summed E-state index contributed by atoms with van der Waals surface area (Å²) < 4.78 is 5.64. The summed E-state index contributed by atoms with van der Waals surface area (Å²) in [5.74, 6) is 1.36. The van der Waals surface area contributed by atoms with E-state index in [2.05, 4.69) is 4.90 Å². The molecule has 0 radical (unpaired) electrons. The molecule has 0 bridgehead atoms. The minimum Gasteiger partial charge on any atom is -0.437 e. The van der Waals surface area contributed by atoms with Crippen molar-refractivity contribution in [1.29, 1.82) is 0 Å². The number of ketones is 1. The van der Waals surface area contributed by atoms with Gasteiger partial charge >= 0.3 is 0 Å². The van der Waals surface area contributed by atoms with E-state index < -0.39 is 0 Å². The second-order valence-corrected chi connectivity index (χ2v) is 6.24. The molecule has 1 spiro atoms. The zero-order valence-corrected chi connectivity index (χ0v) is 11.8. The van der Waals surface area contributed by atoms with E-state index in [1.807, 2.05) is 6.07 Å². The zero-order valence-electron chi connectivity index (χ0n) is 11.8. The summed E-state index contributed by atoms with van der Waals surface area (Å²) in [6, 6.07) is 3.73. The standard InChI is InChI=1S/C16H23NO2/c1-13(18)14-5-6-15(19-14)17-11-9-16(10-12-17)7-3-2-4-8-16/h5-6H,2-4,7-12H2,1H3. The lowest BCUT2D eigenvalue weighted by atomic mass is 9.68. The van der Waals surface area contributed by atoms with Crippen LogP contribution in [-0.4, -0.2) is 18.9 Å². The van der Waals surface area contributed by atoms with Crippen molar-refractivity contribution in [2.75, 3.05) is 18.0 Å². The van der Waals surface area contributed by atoms with Crippen LogP contribution in [0.5, 0.6) is 0 Å². The Morgan fingerprint density at radius 1 is 1.11 bits per heavy atom. The number of piperidine rings is 1. The van der Waals surface area contributed by atoms with Crippen LogP contribution < -0.4 is 4.90 Å². The third-order valence-electron chi connectivity index (χ3n) is 4.99. The van der Waals surface area contributed by atoms with Crippen molar-refractivity contribution >= 4 is 11.7 Å². The molecule has 104 valence electrons. The fraction of sp³-hybridized carbons (Fsp3) is 0.688. The van der Waals surface area contributed by atoms with Crippen molar-refractivity contribution < 1.29 is 9.21 Å². The van der Waals surface area contributed by atoms with Crippen LogP contribution in [0.3, 0.4) is 0 Å². The number of Topliss-reactive ketones (excluding diaryl/α,β-unsaturated/α-hetero) is 1. The molecule has 0 N–H and O–H groups in total. The molecular formula is C16H23NO2. The normalized spacial score (nSPS) is 22.7. The van der Waals surface area contributed by atoms with Gasteiger partial charge in [0.05, 0.1) is 0 Å². The van der Waals surface area contributed by atoms with E-state index in [-0.39, 0.29) is 5.78 Å². The Labute approximate surface area is 115 Å². The van der Waals surface area contributed by atoms with Crippen molar-refractivity contribution in [1.82, 2.24) is 0 Å². The molecule has 1 aliphatic heterocycles. The summed E-state index contributed by atoms with van der Waals surface area (Å²) in [5.41, 5.74) is 0.616. The van der Waals surface area contributed by atoms with Crippen molar-refractivity contribution in [3.63, 3.8) is 0 Å². The molecule has 0 atom stereocenters. The van der Waals surface area contributed by atoms with Gasteiger partial charge in [0.1, 0.15) is 0 Å². The average Bonchev–Trinajstić information content (AvgIpc) is 2.90. The van der Waals surface area contributed by atoms with Gasteiger partial charge in [-0.3, -0.25) is 4.79 Å². The topological polar surface area (TPSA) is 33.5 Å². The van der Waals surface area contributed by atoms with Crippen molar-refractivity contribution in [3.05, 3.63) is 17.9 Å². The first-order valence-corrected chi connectivity index (χ1v) is 7.54. The van der Waals surface area contributed by atoms with E-state index in [0.717, 1.165) is 19.0 Å². The van der Waals surface area contributed by atoms with Gasteiger partial charge in [0.25, 0.3) is 0 Å². The molecule has 3 heteroatoms. The Bertz CT molecular complexity index is 447. The summed E-state index contributed by atoms with van der Waals surface area (Å²) in [6.07, 6.45) is 9.64. The van der Waals surface area contributed by atoms with E-state index in [9.17, 15) is 4.79 Å². The Kier molecular flexibility index (Phi) is 3.38. The molecule has 19 heavy (non-hydrogen) atoms. The molecule has 0 aromatic carbocycles. The smallest absolute Gasteiger partial charge is 0.196 e. The van der Waals surface area contributed by atoms with E-state index in [1.165, 1.54) is 44.9 Å². The molecule has 3 rings (SSSR count). The molecule has 1 aromatic rings. The first-order chi connectivity index (χ1) is 9.19. The first kappa shape index (κ1) is 12.8. The van der Waals surface area contributed by atoms with Crippen molar-refractivity contribution in [3.8, 4) is 0 Å². The van der Waals surface area contributed by atoms with Gasteiger partial charge in [-0.1, -0.05) is 19.3 Å². The number of furan rings is 1. The first-order valence-electron chi connectivity index (χ1n) is 7.54. The predicted octanol–water partition coefficient (Wildman–Crippen LogP) is 4.03. The third-order valence-corrected chi connectivity index (χ3v) is 4.99. The molecule has 1 aliphatic carbocycles. The molecule has 2 aliphatic rings. The highest BCUT2D eigenvalue weighted by Gasteiger charge is 2.36. The second-order valence-electron chi connectivity index (χ2n) is 6.24. The van der Waals surface area contributed by atoms with E-state index in [4.69, 9.17) is 4.42 Å². The van der Waals surface area contributed by atoms with Crippen molar-refractivity contribution in [2.45, 2.75) is 51.9 Å². The molecule has 1 saturated heterocycles. The van der Waals surface area contributed by atoms with Crippen LogP contribution in [0, 0.1) is 5.41 Å². The SMILES string of the molecule is CC(=O)c1ccc(N2CCC3(CCCCC3)CC2)o1. The van der Waals surface area contributed by atoms with Crippen LogP contribution >= 0.6 is 0 Å². The van der Waals surface area contributed by atoms with E-state index >= 15 is 0 Å². The lowest BCUT2D eigenvalue weighted by Gasteiger charge is -2.44. The highest BCUT2D eigenvalue weighted by atomic mass is 16.4. The maximum atomic E-state index is 11.3. The van der Waals surface area contributed by atoms with Gasteiger partial charge in [-0.15, -0.1) is 0 Å². The number of nitrogens with zero attached hydrogens (tertiary/aromatic N) is 1. The summed E-state index contributed by atoms with van der Waals surface area (Å²) in [4.78, 5) is 13.6. The van der Waals surface area contributed by atoms with Crippen LogP contribution in [-0.2, 0) is 0 Å². The number of carbonyl (C=O) groups is 1. The molecule has 2 fully saturated rings. The molecule has 0 amide bonds. The number of hydrogen-bond donors (Lipinski definition) is 0. The lowest BCUT2D eigenvalue weighted by Crippen LogP contribution is -2.41. The van der Waals surface area contributed by atoms with Crippen LogP contribution in [0.15, 0.2) is 16.5 Å². The third kappa shape index (κ3) is 2.56. The number of anilines is 1. The molecular weight excluding hydrogens is 238 g/mol. The molecule has 1 aromatic heterocycles. The van der Waals surface area contributed by atoms with Crippen LogP contribution in [0.2, 0.25) is 0 Å². The molecule has 1 saturated carbocycles. The summed E-state index contributed by atoms with van der Waals surface area (Å²) in [7, 11) is 0. The number of carbonyl (C=O) groups excluding carboxylic acids is 1. The Hall–Kier alpha value is -1.25. The minimum atomic E-state index is 0.00649. The summed E-state index contributed by atoms with van der Waals surface area (Å²) in [5, 5.41) is 0. The van der Waals surface area contributed by atoms with Gasteiger partial charge in [0.2, 0.25) is 0 Å². The summed E-state index contributed by atoms with van der Waals surface area (Å²) >= 11 is 0. The predicted molar refractivity (Wildman–Crippen MR) is 75.7 cm³/mol. The number of hydrogen-bond acceptors (Lipinski definition) is 3. The van der Waals surface area contributed by atoms with Gasteiger partial charge in [0, 0.05) is 26.1 Å². The van der Waals surface area contributed by atoms with Gasteiger partial charge in [-0.25, -0.2) is 0 Å². The maximum absolute atomic E-state index is 11.3. The van der Waals surface area contributed by atoms with Gasteiger partial charge in [-0.2, -0.15) is 0 Å². The zero-order chi connectivity index (χ0) is 13.3. The second kappa shape index (κ2) is 5.03. The van der Waals surface area contributed by atoms with Crippen LogP contribution in [0.25, 0.3) is 0 Å². The van der Waals surface area contributed by atoms with Gasteiger partial charge in [0.15, 0.2) is 17.4 Å². The van der Waals surface area contributed by atoms with Crippen LogP contribution in [0.4, 0.5) is 5.88 Å². The quantitative estimate of drug-likeness (QED) is 0.753. The Balaban J connectivity index is 1.64. The van der Waals surface area contributed by atoms with Crippen LogP contribution in [0.1, 0.15) is 62.4 Å². The average molecular weight is 261 g/mol. The van der Waals surface area contributed by atoms with E-state index in [1.54, 1.807) is 13.0 Å². The molecule has 0 unspecified atom stereocenters. The van der Waals surface area contributed by atoms with Gasteiger partial charge < -0.3 is 9.32 Å². The highest BCUT2D eigenvalue weighted by molar-refractivity contribution is 5.91. The monoisotopic (exact) mass is 261 g/mol. The fourth-order valence-electron chi connectivity index (χ4n) is 3.69. The minimum absolute atomic E-state index is 0.00649. The maximum Gasteiger partial charge on any atom is 0.196 e. The largest absolute Gasteiger partial charge is 0.437 e. The summed E-state index contributed by atoms with van der Waals surface area (Å²) in [6.45, 7) is 3.70. The Morgan fingerprint density at radius 2 is 1.79 bits per heavy atom. The number of rotatable bonds is 2. The van der Waals surface area contributed by atoms with E-state index in [0.29, 0.717) is 11.2 Å². The lowest BCUT2D eigenvalue weighted by molar-refractivity contribution is 0.0986. The van der Waals surface area contributed by atoms with Crippen molar-refractivity contribution in [2.24, 2.45) is 5.41 Å². The Morgan fingerprint density at radius 3 is 2.37 bits per heavy atom. The fourth-order valence-corrected chi connectivity index (χ4v) is 3.69. The molecule has 2 heterocycles. The highest BCUT2D eigenvalue weighted by Crippen LogP contribution is 2.45.